The molecule has 3 aromatic rings. The molecule has 0 saturated carbocycles. The van der Waals surface area contributed by atoms with Gasteiger partial charge in [-0.25, -0.2) is 4.39 Å². The molecule has 9 heteroatoms. The molecule has 0 aliphatic carbocycles. The summed E-state index contributed by atoms with van der Waals surface area (Å²) in [5, 5.41) is 6.72. The molecule has 2 N–H and O–H groups in total. The Labute approximate surface area is 165 Å². The van der Waals surface area contributed by atoms with Crippen molar-refractivity contribution in [3.8, 4) is 22.4 Å². The standard InChI is InChI=1S/C19H16F4N4.ClH/c1-11-10-27-16(9-25-11)17(12-4-6-24-7-5-12)18(26-27)14-3-2-13(8-15(14)20)19(21,22)23;/h2-8,11,25H,9-10H2,1H3;1H/t11-;/m0./s1. The Morgan fingerprint density at radius 1 is 1.14 bits per heavy atom. The molecule has 2 aromatic heterocycles. The van der Waals surface area contributed by atoms with Crippen LogP contribution in [0.4, 0.5) is 17.6 Å². The summed E-state index contributed by atoms with van der Waals surface area (Å²) in [7, 11) is 0. The van der Waals surface area contributed by atoms with Crippen molar-refractivity contribution in [1.82, 2.24) is 14.8 Å². The minimum atomic E-state index is -4.59. The van der Waals surface area contributed by atoms with Gasteiger partial charge in [-0.2, -0.15) is 18.3 Å². The molecule has 0 amide bonds. The van der Waals surface area contributed by atoms with Crippen LogP contribution in [0.15, 0.2) is 42.7 Å². The largest absolute Gasteiger partial charge is 1.00 e. The maximum atomic E-state index is 14.6. The van der Waals surface area contributed by atoms with Crippen LogP contribution in [0, 0.1) is 5.82 Å². The average molecular weight is 413 g/mol. The number of aromatic nitrogens is 3. The first kappa shape index (κ1) is 20.3. The number of hydrogen-bond donors (Lipinski definition) is 1. The molecule has 0 spiro atoms. The zero-order chi connectivity index (χ0) is 19.2. The number of hydrogen-bond acceptors (Lipinski definition) is 2. The molecule has 1 aliphatic heterocycles. The Balaban J connectivity index is 0.00000225. The van der Waals surface area contributed by atoms with Crippen LogP contribution < -0.4 is 17.7 Å². The third-order valence-corrected chi connectivity index (χ3v) is 4.75. The van der Waals surface area contributed by atoms with Crippen LogP contribution in [-0.2, 0) is 19.3 Å². The predicted octanol–water partition coefficient (Wildman–Crippen LogP) is 0.240. The van der Waals surface area contributed by atoms with Crippen LogP contribution in [0.1, 0.15) is 18.2 Å². The van der Waals surface area contributed by atoms with E-state index >= 15 is 0 Å². The van der Waals surface area contributed by atoms with Gasteiger partial charge in [0.05, 0.1) is 12.1 Å². The summed E-state index contributed by atoms with van der Waals surface area (Å²) in [6.07, 6.45) is -1.34. The molecule has 1 atom stereocenters. The monoisotopic (exact) mass is 412 g/mol. The van der Waals surface area contributed by atoms with Gasteiger partial charge in [-0.15, -0.1) is 0 Å². The third kappa shape index (κ3) is 3.62. The molecule has 4 rings (SSSR count). The maximum Gasteiger partial charge on any atom is 0.416 e. The van der Waals surface area contributed by atoms with E-state index < -0.39 is 17.6 Å². The number of fused-ring (bicyclic) bond motifs is 1. The Hall–Kier alpha value is -2.45. The molecule has 1 aliphatic rings. The highest BCUT2D eigenvalue weighted by molar-refractivity contribution is 5.83. The number of nitrogens with zero attached hydrogens (tertiary/aromatic N) is 3. The van der Waals surface area contributed by atoms with Crippen molar-refractivity contribution >= 4 is 0 Å². The molecular formula is C19H17ClF4N4. The number of rotatable bonds is 2. The lowest BCUT2D eigenvalue weighted by molar-refractivity contribution is -0.708. The fourth-order valence-electron chi connectivity index (χ4n) is 3.41. The third-order valence-electron chi connectivity index (χ3n) is 4.75. The van der Waals surface area contributed by atoms with Gasteiger partial charge in [-0.3, -0.25) is 9.67 Å². The number of quaternary nitrogens is 1. The second-order valence-corrected chi connectivity index (χ2v) is 6.70. The van der Waals surface area contributed by atoms with Crippen molar-refractivity contribution in [1.29, 1.82) is 0 Å². The van der Waals surface area contributed by atoms with Crippen molar-refractivity contribution in [3.05, 3.63) is 59.8 Å². The summed E-state index contributed by atoms with van der Waals surface area (Å²) in [5.41, 5.74) is 1.87. The van der Waals surface area contributed by atoms with Gasteiger partial charge in [0.2, 0.25) is 0 Å². The summed E-state index contributed by atoms with van der Waals surface area (Å²) in [4.78, 5) is 4.00. The van der Waals surface area contributed by atoms with Crippen molar-refractivity contribution in [2.75, 3.05) is 0 Å². The first-order chi connectivity index (χ1) is 12.8. The SMILES string of the molecule is C[C@H]1Cn2nc(-c3ccc(C(F)(F)F)cc3F)c(-c3ccncc3)c2C[NH2+]1.[Cl-]. The Kier molecular flexibility index (Phi) is 5.45. The first-order valence-electron chi connectivity index (χ1n) is 8.55. The van der Waals surface area contributed by atoms with Gasteiger partial charge in [0.15, 0.2) is 0 Å². The quantitative estimate of drug-likeness (QED) is 0.613. The second kappa shape index (κ2) is 7.52. The first-order valence-corrected chi connectivity index (χ1v) is 8.55. The number of nitrogens with two attached hydrogens (primary N) is 1. The van der Waals surface area contributed by atoms with Gasteiger partial charge in [0.1, 0.15) is 29.8 Å². The zero-order valence-corrected chi connectivity index (χ0v) is 15.6. The Morgan fingerprint density at radius 3 is 2.50 bits per heavy atom. The average Bonchev–Trinajstić information content (AvgIpc) is 2.99. The lowest BCUT2D eigenvalue weighted by atomic mass is 9.98. The molecule has 0 bridgehead atoms. The summed E-state index contributed by atoms with van der Waals surface area (Å²) >= 11 is 0. The molecule has 0 unspecified atom stereocenters. The van der Waals surface area contributed by atoms with E-state index in [1.54, 1.807) is 24.5 Å². The zero-order valence-electron chi connectivity index (χ0n) is 14.8. The predicted molar refractivity (Wildman–Crippen MR) is 90.9 cm³/mol. The number of pyridine rings is 1. The molecule has 1 aromatic carbocycles. The maximum absolute atomic E-state index is 14.6. The van der Waals surface area contributed by atoms with Crippen LogP contribution in [-0.4, -0.2) is 20.8 Å². The van der Waals surface area contributed by atoms with E-state index in [0.717, 1.165) is 29.0 Å². The van der Waals surface area contributed by atoms with Crippen molar-refractivity contribution < 1.29 is 35.3 Å². The van der Waals surface area contributed by atoms with Crippen LogP contribution in [0.25, 0.3) is 22.4 Å². The highest BCUT2D eigenvalue weighted by Crippen LogP contribution is 2.38. The molecule has 0 fully saturated rings. The van der Waals surface area contributed by atoms with Gasteiger partial charge >= 0.3 is 6.18 Å². The Bertz CT molecular complexity index is 986. The van der Waals surface area contributed by atoms with E-state index in [1.807, 2.05) is 4.68 Å². The lowest BCUT2D eigenvalue weighted by Crippen LogP contribution is -3.00. The number of halogens is 5. The fraction of sp³-hybridized carbons (Fsp3) is 0.263. The van der Waals surface area contributed by atoms with E-state index in [4.69, 9.17) is 0 Å². The van der Waals surface area contributed by atoms with Gasteiger partial charge < -0.3 is 17.7 Å². The molecule has 0 radical (unpaired) electrons. The molecule has 28 heavy (non-hydrogen) atoms. The normalized spacial score (nSPS) is 16.4. The van der Waals surface area contributed by atoms with Gasteiger partial charge in [0.25, 0.3) is 0 Å². The number of benzene rings is 1. The van der Waals surface area contributed by atoms with Crippen LogP contribution in [0.2, 0.25) is 0 Å². The molecule has 4 nitrogen and oxygen atoms in total. The van der Waals surface area contributed by atoms with E-state index in [0.29, 0.717) is 30.9 Å². The molecule has 3 heterocycles. The lowest BCUT2D eigenvalue weighted by Gasteiger charge is -2.19. The van der Waals surface area contributed by atoms with E-state index in [2.05, 4.69) is 22.3 Å². The fourth-order valence-corrected chi connectivity index (χ4v) is 3.41. The minimum absolute atomic E-state index is 0. The minimum Gasteiger partial charge on any atom is -1.00 e. The smallest absolute Gasteiger partial charge is 0.416 e. The van der Waals surface area contributed by atoms with E-state index in [9.17, 15) is 17.6 Å². The van der Waals surface area contributed by atoms with E-state index in [-0.39, 0.29) is 18.0 Å². The topological polar surface area (TPSA) is 47.3 Å². The van der Waals surface area contributed by atoms with E-state index in [1.165, 1.54) is 0 Å². The molecular weight excluding hydrogens is 396 g/mol. The summed E-state index contributed by atoms with van der Waals surface area (Å²) in [5.74, 6) is -0.937. The summed E-state index contributed by atoms with van der Waals surface area (Å²) in [6.45, 7) is 3.37. The van der Waals surface area contributed by atoms with Crippen molar-refractivity contribution in [2.24, 2.45) is 0 Å². The van der Waals surface area contributed by atoms with Crippen LogP contribution in [0.3, 0.4) is 0 Å². The highest BCUT2D eigenvalue weighted by Gasteiger charge is 2.33. The number of alkyl halides is 3. The van der Waals surface area contributed by atoms with Gasteiger partial charge in [-0.05, 0) is 42.8 Å². The summed E-state index contributed by atoms with van der Waals surface area (Å²) < 4.78 is 55.1. The Morgan fingerprint density at radius 2 is 1.86 bits per heavy atom. The molecule has 0 saturated heterocycles. The summed E-state index contributed by atoms with van der Waals surface area (Å²) in [6, 6.07) is 6.47. The van der Waals surface area contributed by atoms with Crippen molar-refractivity contribution in [2.45, 2.75) is 32.2 Å². The second-order valence-electron chi connectivity index (χ2n) is 6.70. The van der Waals surface area contributed by atoms with Crippen LogP contribution in [0.5, 0.6) is 0 Å². The highest BCUT2D eigenvalue weighted by atomic mass is 35.5. The van der Waals surface area contributed by atoms with Gasteiger partial charge in [-0.1, -0.05) is 0 Å². The van der Waals surface area contributed by atoms with Crippen LogP contribution >= 0.6 is 0 Å². The molecule has 148 valence electrons. The van der Waals surface area contributed by atoms with Crippen molar-refractivity contribution in [3.63, 3.8) is 0 Å². The van der Waals surface area contributed by atoms with Gasteiger partial charge in [0, 0.05) is 23.5 Å².